The molecule has 1 aliphatic carbocycles. The second kappa shape index (κ2) is 7.41. The van der Waals surface area contributed by atoms with Crippen molar-refractivity contribution in [1.82, 2.24) is 10.6 Å². The van der Waals surface area contributed by atoms with Gasteiger partial charge in [-0.3, -0.25) is 4.79 Å². The van der Waals surface area contributed by atoms with Crippen molar-refractivity contribution < 1.29 is 22.7 Å². The van der Waals surface area contributed by atoms with Crippen molar-refractivity contribution >= 4 is 18.3 Å². The van der Waals surface area contributed by atoms with E-state index >= 15 is 0 Å². The van der Waals surface area contributed by atoms with Gasteiger partial charge in [0.25, 0.3) is 0 Å². The maximum atomic E-state index is 12.4. The molecule has 3 rings (SSSR count). The van der Waals surface area contributed by atoms with E-state index in [1.165, 1.54) is 18.2 Å². The molecule has 1 saturated heterocycles. The molecule has 2 fully saturated rings. The lowest BCUT2D eigenvalue weighted by atomic mass is 9.91. The van der Waals surface area contributed by atoms with E-state index in [1.54, 1.807) is 13.0 Å². The molecule has 140 valence electrons. The first kappa shape index (κ1) is 19.8. The molecular weight excluding hydrogens is 357 g/mol. The fourth-order valence-corrected chi connectivity index (χ4v) is 3.57. The minimum atomic E-state index is -4.72. The molecule has 25 heavy (non-hydrogen) atoms. The lowest BCUT2D eigenvalue weighted by Crippen LogP contribution is -2.34. The van der Waals surface area contributed by atoms with Crippen LogP contribution < -0.4 is 15.4 Å². The third-order valence-electron chi connectivity index (χ3n) is 5.06. The van der Waals surface area contributed by atoms with E-state index in [2.05, 4.69) is 15.4 Å². The molecule has 1 aliphatic heterocycles. The van der Waals surface area contributed by atoms with E-state index in [9.17, 15) is 18.0 Å². The molecule has 2 N–H and O–H groups in total. The van der Waals surface area contributed by atoms with Crippen LogP contribution in [0.4, 0.5) is 13.2 Å². The molecule has 2 atom stereocenters. The van der Waals surface area contributed by atoms with Gasteiger partial charge in [0.1, 0.15) is 5.75 Å². The third kappa shape index (κ3) is 4.79. The van der Waals surface area contributed by atoms with Crippen LogP contribution in [0.5, 0.6) is 5.75 Å². The normalized spacial score (nSPS) is 22.6. The predicted octanol–water partition coefficient (Wildman–Crippen LogP) is 3.57. The standard InChI is InChI=1S/C17H21F3N2O2.ClH/c1-11(12-3-2-4-13(9-12)24-17(18,19)20)22-15(23)14-10-16(14)5-7-21-8-6-16;/h2-4,9,11,14,21H,5-8,10H2,1H3,(H,22,23);1H. The Balaban J connectivity index is 0.00000225. The number of rotatable bonds is 4. The Bertz CT molecular complexity index is 618. The Labute approximate surface area is 150 Å². The zero-order chi connectivity index (χ0) is 17.4. The molecule has 0 aromatic heterocycles. The second-order valence-corrected chi connectivity index (χ2v) is 6.72. The van der Waals surface area contributed by atoms with Crippen molar-refractivity contribution in [2.45, 2.75) is 38.6 Å². The van der Waals surface area contributed by atoms with Crippen LogP contribution in [0.15, 0.2) is 24.3 Å². The van der Waals surface area contributed by atoms with Crippen LogP contribution >= 0.6 is 12.4 Å². The smallest absolute Gasteiger partial charge is 0.406 e. The van der Waals surface area contributed by atoms with E-state index < -0.39 is 6.36 Å². The molecule has 1 spiro atoms. The van der Waals surface area contributed by atoms with E-state index in [1.807, 2.05) is 0 Å². The fourth-order valence-electron chi connectivity index (χ4n) is 3.57. The summed E-state index contributed by atoms with van der Waals surface area (Å²) in [5, 5.41) is 6.22. The number of benzene rings is 1. The van der Waals surface area contributed by atoms with Crippen LogP contribution in [0.25, 0.3) is 0 Å². The van der Waals surface area contributed by atoms with E-state index in [0.29, 0.717) is 5.56 Å². The summed E-state index contributed by atoms with van der Waals surface area (Å²) >= 11 is 0. The number of carbonyl (C=O) groups excluding carboxylic acids is 1. The Hall–Kier alpha value is -1.47. The number of halogens is 4. The van der Waals surface area contributed by atoms with Gasteiger partial charge in [0.15, 0.2) is 0 Å². The molecule has 2 aliphatic rings. The molecule has 2 unspecified atom stereocenters. The van der Waals surface area contributed by atoms with Gasteiger partial charge < -0.3 is 15.4 Å². The van der Waals surface area contributed by atoms with Gasteiger partial charge in [0.2, 0.25) is 5.91 Å². The molecular formula is C17H22ClF3N2O2. The zero-order valence-electron chi connectivity index (χ0n) is 13.9. The number of hydrogen-bond acceptors (Lipinski definition) is 3. The highest BCUT2D eigenvalue weighted by molar-refractivity contribution is 5.85. The average Bonchev–Trinajstić information content (AvgIpc) is 3.20. The van der Waals surface area contributed by atoms with Crippen molar-refractivity contribution in [2.24, 2.45) is 11.3 Å². The monoisotopic (exact) mass is 378 g/mol. The third-order valence-corrected chi connectivity index (χ3v) is 5.06. The Morgan fingerprint density at radius 3 is 2.68 bits per heavy atom. The number of nitrogens with one attached hydrogen (secondary N) is 2. The summed E-state index contributed by atoms with van der Waals surface area (Å²) in [4.78, 5) is 12.4. The Morgan fingerprint density at radius 2 is 2.04 bits per heavy atom. The number of hydrogen-bond donors (Lipinski definition) is 2. The molecule has 1 heterocycles. The van der Waals surface area contributed by atoms with Gasteiger partial charge in [-0.25, -0.2) is 0 Å². The predicted molar refractivity (Wildman–Crippen MR) is 89.6 cm³/mol. The van der Waals surface area contributed by atoms with E-state index in [4.69, 9.17) is 0 Å². The van der Waals surface area contributed by atoms with Gasteiger partial charge in [0, 0.05) is 5.92 Å². The number of ether oxygens (including phenoxy) is 1. The maximum absolute atomic E-state index is 12.4. The lowest BCUT2D eigenvalue weighted by Gasteiger charge is -2.24. The first-order chi connectivity index (χ1) is 11.3. The highest BCUT2D eigenvalue weighted by Gasteiger charge is 2.57. The van der Waals surface area contributed by atoms with Crippen LogP contribution in [-0.2, 0) is 4.79 Å². The Morgan fingerprint density at radius 1 is 1.36 bits per heavy atom. The van der Waals surface area contributed by atoms with Crippen molar-refractivity contribution in [3.8, 4) is 5.75 Å². The van der Waals surface area contributed by atoms with Crippen molar-refractivity contribution in [3.05, 3.63) is 29.8 Å². The highest BCUT2D eigenvalue weighted by Crippen LogP contribution is 2.58. The van der Waals surface area contributed by atoms with Crippen LogP contribution in [0.3, 0.4) is 0 Å². The topological polar surface area (TPSA) is 50.4 Å². The van der Waals surface area contributed by atoms with E-state index in [0.717, 1.165) is 32.4 Å². The lowest BCUT2D eigenvalue weighted by molar-refractivity contribution is -0.274. The molecule has 8 heteroatoms. The highest BCUT2D eigenvalue weighted by atomic mass is 35.5. The molecule has 1 amide bonds. The largest absolute Gasteiger partial charge is 0.573 e. The van der Waals surface area contributed by atoms with Gasteiger partial charge in [0.05, 0.1) is 6.04 Å². The van der Waals surface area contributed by atoms with Gasteiger partial charge in [-0.05, 0) is 62.4 Å². The first-order valence-electron chi connectivity index (χ1n) is 8.16. The van der Waals surface area contributed by atoms with Crippen LogP contribution in [0, 0.1) is 11.3 Å². The summed E-state index contributed by atoms with van der Waals surface area (Å²) in [6.07, 6.45) is -1.80. The summed E-state index contributed by atoms with van der Waals surface area (Å²) in [5.41, 5.74) is 0.723. The summed E-state index contributed by atoms with van der Waals surface area (Å²) in [7, 11) is 0. The summed E-state index contributed by atoms with van der Waals surface area (Å²) in [6, 6.07) is 5.36. The number of alkyl halides is 3. The SMILES string of the molecule is CC(NC(=O)C1CC12CCNCC2)c1cccc(OC(F)(F)F)c1.Cl. The van der Waals surface area contributed by atoms with Crippen LogP contribution in [-0.4, -0.2) is 25.4 Å². The minimum absolute atomic E-state index is 0. The fraction of sp³-hybridized carbons (Fsp3) is 0.588. The summed E-state index contributed by atoms with van der Waals surface area (Å²) < 4.78 is 40.8. The van der Waals surface area contributed by atoms with Gasteiger partial charge >= 0.3 is 6.36 Å². The van der Waals surface area contributed by atoms with E-state index in [-0.39, 0.29) is 41.4 Å². The van der Waals surface area contributed by atoms with Crippen LogP contribution in [0.1, 0.15) is 37.8 Å². The first-order valence-corrected chi connectivity index (χ1v) is 8.16. The quantitative estimate of drug-likeness (QED) is 0.842. The average molecular weight is 379 g/mol. The number of carbonyl (C=O) groups is 1. The van der Waals surface area contributed by atoms with Crippen molar-refractivity contribution in [1.29, 1.82) is 0 Å². The van der Waals surface area contributed by atoms with Crippen molar-refractivity contribution in [3.63, 3.8) is 0 Å². The summed E-state index contributed by atoms with van der Waals surface area (Å²) in [5.74, 6) is -0.259. The number of amides is 1. The maximum Gasteiger partial charge on any atom is 0.573 e. The zero-order valence-corrected chi connectivity index (χ0v) is 14.7. The van der Waals surface area contributed by atoms with Gasteiger partial charge in [-0.1, -0.05) is 12.1 Å². The minimum Gasteiger partial charge on any atom is -0.406 e. The molecule has 0 radical (unpaired) electrons. The molecule has 1 saturated carbocycles. The molecule has 1 aromatic rings. The van der Waals surface area contributed by atoms with Gasteiger partial charge in [-0.15, -0.1) is 25.6 Å². The van der Waals surface area contributed by atoms with Crippen LogP contribution in [0.2, 0.25) is 0 Å². The Kier molecular flexibility index (Phi) is 5.89. The van der Waals surface area contributed by atoms with Crippen molar-refractivity contribution in [2.75, 3.05) is 13.1 Å². The second-order valence-electron chi connectivity index (χ2n) is 6.72. The summed E-state index contributed by atoms with van der Waals surface area (Å²) in [6.45, 7) is 3.65. The molecule has 1 aromatic carbocycles. The molecule has 4 nitrogen and oxygen atoms in total. The molecule has 0 bridgehead atoms. The van der Waals surface area contributed by atoms with Gasteiger partial charge in [-0.2, -0.15) is 0 Å². The number of piperidine rings is 1.